The second-order valence-electron chi connectivity index (χ2n) is 5.29. The highest BCUT2D eigenvalue weighted by molar-refractivity contribution is 6.30. The highest BCUT2D eigenvalue weighted by atomic mass is 35.5. The van der Waals surface area contributed by atoms with Crippen LogP contribution in [0.3, 0.4) is 0 Å². The summed E-state index contributed by atoms with van der Waals surface area (Å²) in [4.78, 5) is 12.3. The summed E-state index contributed by atoms with van der Waals surface area (Å²) in [5.41, 5.74) is 6.26. The SMILES string of the molecule is C[C@H](NC(=O)C1(C)COCC1N)c1cccc(Cl)c1. The number of carbonyl (C=O) groups excluding carboxylic acids is 1. The van der Waals surface area contributed by atoms with Crippen LogP contribution >= 0.6 is 11.6 Å². The van der Waals surface area contributed by atoms with E-state index in [1.165, 1.54) is 0 Å². The number of amides is 1. The van der Waals surface area contributed by atoms with Gasteiger partial charge in [0.05, 0.1) is 24.7 Å². The maximum Gasteiger partial charge on any atom is 0.230 e. The van der Waals surface area contributed by atoms with Gasteiger partial charge in [-0.1, -0.05) is 23.7 Å². The number of hydrogen-bond acceptors (Lipinski definition) is 3. The predicted molar refractivity (Wildman–Crippen MR) is 74.9 cm³/mol. The molecule has 0 saturated carbocycles. The number of benzene rings is 1. The summed E-state index contributed by atoms with van der Waals surface area (Å²) in [6.07, 6.45) is 0. The molecule has 3 atom stereocenters. The predicted octanol–water partition coefficient (Wildman–Crippen LogP) is 1.88. The van der Waals surface area contributed by atoms with Crippen LogP contribution in [0.1, 0.15) is 25.5 Å². The summed E-state index contributed by atoms with van der Waals surface area (Å²) >= 11 is 5.95. The van der Waals surface area contributed by atoms with Crippen molar-refractivity contribution in [3.05, 3.63) is 34.9 Å². The van der Waals surface area contributed by atoms with Crippen molar-refractivity contribution in [3.8, 4) is 0 Å². The smallest absolute Gasteiger partial charge is 0.230 e. The first kappa shape index (κ1) is 14.3. The maximum atomic E-state index is 12.3. The molecule has 1 amide bonds. The van der Waals surface area contributed by atoms with Crippen molar-refractivity contribution in [2.75, 3.05) is 13.2 Å². The lowest BCUT2D eigenvalue weighted by Gasteiger charge is -2.27. The maximum absolute atomic E-state index is 12.3. The van der Waals surface area contributed by atoms with Gasteiger partial charge in [0.15, 0.2) is 0 Å². The monoisotopic (exact) mass is 282 g/mol. The van der Waals surface area contributed by atoms with Gasteiger partial charge in [-0.25, -0.2) is 0 Å². The highest BCUT2D eigenvalue weighted by Crippen LogP contribution is 2.28. The molecule has 1 aromatic carbocycles. The van der Waals surface area contributed by atoms with Gasteiger partial charge >= 0.3 is 0 Å². The van der Waals surface area contributed by atoms with Crippen molar-refractivity contribution in [3.63, 3.8) is 0 Å². The summed E-state index contributed by atoms with van der Waals surface area (Å²) in [6.45, 7) is 4.55. The van der Waals surface area contributed by atoms with E-state index < -0.39 is 5.41 Å². The van der Waals surface area contributed by atoms with Crippen LogP contribution < -0.4 is 11.1 Å². The average molecular weight is 283 g/mol. The quantitative estimate of drug-likeness (QED) is 0.890. The standard InChI is InChI=1S/C14H19ClN2O2/c1-9(10-4-3-5-11(15)6-10)17-13(18)14(2)8-19-7-12(14)16/h3-6,9,12H,7-8,16H2,1-2H3,(H,17,18)/t9-,12?,14?/m0/s1. The number of halogens is 1. The first-order valence-corrected chi connectivity index (χ1v) is 6.71. The van der Waals surface area contributed by atoms with E-state index in [1.807, 2.05) is 38.1 Å². The fraction of sp³-hybridized carbons (Fsp3) is 0.500. The summed E-state index contributed by atoms with van der Waals surface area (Å²) in [5.74, 6) is -0.0787. The summed E-state index contributed by atoms with van der Waals surface area (Å²) in [7, 11) is 0. The fourth-order valence-electron chi connectivity index (χ4n) is 2.14. The summed E-state index contributed by atoms with van der Waals surface area (Å²) in [6, 6.07) is 7.08. The molecule has 1 saturated heterocycles. The van der Waals surface area contributed by atoms with Gasteiger partial charge in [0, 0.05) is 11.1 Å². The van der Waals surface area contributed by atoms with Crippen LogP contribution in [0.2, 0.25) is 5.02 Å². The Balaban J connectivity index is 2.07. The molecule has 5 heteroatoms. The third-order valence-electron chi connectivity index (χ3n) is 3.73. The number of ether oxygens (including phenoxy) is 1. The van der Waals surface area contributed by atoms with Gasteiger partial charge in [-0.15, -0.1) is 0 Å². The number of hydrogen-bond donors (Lipinski definition) is 2. The van der Waals surface area contributed by atoms with Crippen molar-refractivity contribution >= 4 is 17.5 Å². The summed E-state index contributed by atoms with van der Waals surface area (Å²) in [5, 5.41) is 3.64. The zero-order valence-corrected chi connectivity index (χ0v) is 11.9. The Labute approximate surface area is 118 Å². The molecule has 104 valence electrons. The Hall–Kier alpha value is -1.10. The first-order valence-electron chi connectivity index (χ1n) is 6.33. The number of nitrogens with one attached hydrogen (secondary N) is 1. The first-order chi connectivity index (χ1) is 8.93. The van der Waals surface area contributed by atoms with Gasteiger partial charge in [-0.2, -0.15) is 0 Å². The van der Waals surface area contributed by atoms with Crippen LogP contribution in [0, 0.1) is 5.41 Å². The normalized spacial score (nSPS) is 28.1. The van der Waals surface area contributed by atoms with Crippen LogP contribution in [0.15, 0.2) is 24.3 Å². The molecule has 2 rings (SSSR count). The van der Waals surface area contributed by atoms with Crippen molar-refractivity contribution in [1.82, 2.24) is 5.32 Å². The molecule has 0 aromatic heterocycles. The van der Waals surface area contributed by atoms with Gasteiger partial charge in [0.2, 0.25) is 5.91 Å². The van der Waals surface area contributed by atoms with E-state index >= 15 is 0 Å². The topological polar surface area (TPSA) is 64.3 Å². The lowest BCUT2D eigenvalue weighted by Crippen LogP contribution is -2.50. The van der Waals surface area contributed by atoms with Crippen molar-refractivity contribution in [2.24, 2.45) is 11.1 Å². The molecule has 0 spiro atoms. The lowest BCUT2D eigenvalue weighted by molar-refractivity contribution is -0.131. The van der Waals surface area contributed by atoms with Gasteiger partial charge in [-0.3, -0.25) is 4.79 Å². The van der Waals surface area contributed by atoms with Gasteiger partial charge in [-0.05, 0) is 31.5 Å². The average Bonchev–Trinajstić information content (AvgIpc) is 2.71. The second-order valence-corrected chi connectivity index (χ2v) is 5.73. The molecule has 4 nitrogen and oxygen atoms in total. The van der Waals surface area contributed by atoms with Gasteiger partial charge in [0.25, 0.3) is 0 Å². The van der Waals surface area contributed by atoms with E-state index in [0.29, 0.717) is 18.2 Å². The minimum Gasteiger partial charge on any atom is -0.379 e. The molecule has 0 aliphatic carbocycles. The molecule has 1 aliphatic rings. The van der Waals surface area contributed by atoms with Gasteiger partial charge in [0.1, 0.15) is 0 Å². The zero-order chi connectivity index (χ0) is 14.0. The Morgan fingerprint density at radius 3 is 2.95 bits per heavy atom. The van der Waals surface area contributed by atoms with E-state index in [0.717, 1.165) is 5.56 Å². The lowest BCUT2D eigenvalue weighted by atomic mass is 9.84. The zero-order valence-electron chi connectivity index (χ0n) is 11.2. The van der Waals surface area contributed by atoms with Crippen LogP contribution in [-0.2, 0) is 9.53 Å². The third kappa shape index (κ3) is 2.91. The van der Waals surface area contributed by atoms with Gasteiger partial charge < -0.3 is 15.8 Å². The molecule has 1 heterocycles. The van der Waals surface area contributed by atoms with Crippen molar-refractivity contribution in [2.45, 2.75) is 25.9 Å². The Kier molecular flexibility index (Phi) is 4.13. The van der Waals surface area contributed by atoms with Crippen LogP contribution in [0.4, 0.5) is 0 Å². The molecule has 0 radical (unpaired) electrons. The Bertz CT molecular complexity index is 480. The molecule has 1 fully saturated rings. The highest BCUT2D eigenvalue weighted by Gasteiger charge is 2.44. The minimum absolute atomic E-state index is 0.0787. The molecule has 3 N–H and O–H groups in total. The molecule has 0 bridgehead atoms. The Morgan fingerprint density at radius 2 is 2.37 bits per heavy atom. The van der Waals surface area contributed by atoms with Crippen molar-refractivity contribution in [1.29, 1.82) is 0 Å². The third-order valence-corrected chi connectivity index (χ3v) is 3.97. The second kappa shape index (κ2) is 5.49. The fourth-order valence-corrected chi connectivity index (χ4v) is 2.34. The molecular formula is C14H19ClN2O2. The number of carbonyl (C=O) groups is 1. The largest absolute Gasteiger partial charge is 0.379 e. The summed E-state index contributed by atoms with van der Waals surface area (Å²) < 4.78 is 5.29. The van der Waals surface area contributed by atoms with Crippen molar-refractivity contribution < 1.29 is 9.53 Å². The Morgan fingerprint density at radius 1 is 1.63 bits per heavy atom. The molecular weight excluding hydrogens is 264 g/mol. The van der Waals surface area contributed by atoms with E-state index in [1.54, 1.807) is 0 Å². The van der Waals surface area contributed by atoms with E-state index in [4.69, 9.17) is 22.1 Å². The van der Waals surface area contributed by atoms with E-state index in [-0.39, 0.29) is 18.0 Å². The molecule has 2 unspecified atom stereocenters. The molecule has 19 heavy (non-hydrogen) atoms. The number of rotatable bonds is 3. The van der Waals surface area contributed by atoms with Crippen LogP contribution in [-0.4, -0.2) is 25.2 Å². The van der Waals surface area contributed by atoms with E-state index in [9.17, 15) is 4.79 Å². The van der Waals surface area contributed by atoms with Crippen LogP contribution in [0.5, 0.6) is 0 Å². The number of nitrogens with two attached hydrogens (primary N) is 1. The molecule has 1 aliphatic heterocycles. The molecule has 1 aromatic rings. The minimum atomic E-state index is -0.660. The van der Waals surface area contributed by atoms with E-state index in [2.05, 4.69) is 5.32 Å². The van der Waals surface area contributed by atoms with Crippen LogP contribution in [0.25, 0.3) is 0 Å².